The number of allylic oxidation sites excluding steroid dienone is 4. The third-order valence-electron chi connectivity index (χ3n) is 5.83. The topological polar surface area (TPSA) is 43.4 Å². The summed E-state index contributed by atoms with van der Waals surface area (Å²) >= 11 is 0. The first kappa shape index (κ1) is 19.7. The first-order valence-corrected chi connectivity index (χ1v) is 9.35. The van der Waals surface area contributed by atoms with Crippen molar-refractivity contribution >= 4 is 11.8 Å². The summed E-state index contributed by atoms with van der Waals surface area (Å²) < 4.78 is 5.51. The lowest BCUT2D eigenvalue weighted by molar-refractivity contribution is -0.144. The molecule has 3 heteroatoms. The van der Waals surface area contributed by atoms with E-state index in [1.807, 2.05) is 13.8 Å². The third kappa shape index (κ3) is 4.50. The second-order valence-electron chi connectivity index (χ2n) is 8.31. The third-order valence-corrected chi connectivity index (χ3v) is 5.83. The van der Waals surface area contributed by atoms with Crippen molar-refractivity contribution in [2.45, 2.75) is 79.2 Å². The van der Waals surface area contributed by atoms with E-state index in [4.69, 9.17) is 4.74 Å². The van der Waals surface area contributed by atoms with Crippen LogP contribution in [0.3, 0.4) is 0 Å². The van der Waals surface area contributed by atoms with Gasteiger partial charge >= 0.3 is 5.97 Å². The molecule has 0 bridgehead atoms. The summed E-state index contributed by atoms with van der Waals surface area (Å²) in [6.07, 6.45) is 6.98. The van der Waals surface area contributed by atoms with Gasteiger partial charge in [0.2, 0.25) is 0 Å². The van der Waals surface area contributed by atoms with Gasteiger partial charge in [0.15, 0.2) is 5.78 Å². The Balaban J connectivity index is 2.35. The van der Waals surface area contributed by atoms with Gasteiger partial charge in [-0.1, -0.05) is 30.7 Å². The number of carbonyl (C=O) groups is 2. The lowest BCUT2D eigenvalue weighted by Crippen LogP contribution is -2.23. The lowest BCUT2D eigenvalue weighted by Gasteiger charge is -2.31. The SMILES string of the molecule is C=C1CCC2C(=C(C)C)C(=O)CC2(C)CC=C(C)CCC1OC(C)=O. The molecule has 0 N–H and O–H groups in total. The summed E-state index contributed by atoms with van der Waals surface area (Å²) in [5.41, 5.74) is 4.40. The number of esters is 1. The molecule has 0 amide bonds. The molecule has 0 aromatic heterocycles. The quantitative estimate of drug-likeness (QED) is 0.367. The maximum absolute atomic E-state index is 12.7. The van der Waals surface area contributed by atoms with Crippen molar-refractivity contribution in [2.24, 2.45) is 11.3 Å². The van der Waals surface area contributed by atoms with Crippen LogP contribution >= 0.6 is 0 Å². The molecule has 2 aliphatic rings. The van der Waals surface area contributed by atoms with Crippen molar-refractivity contribution in [1.82, 2.24) is 0 Å². The predicted octanol–water partition coefficient (Wildman–Crippen LogP) is 5.32. The Labute approximate surface area is 152 Å². The van der Waals surface area contributed by atoms with Crippen molar-refractivity contribution in [3.63, 3.8) is 0 Å². The van der Waals surface area contributed by atoms with Gasteiger partial charge in [0.1, 0.15) is 6.10 Å². The van der Waals surface area contributed by atoms with Gasteiger partial charge < -0.3 is 4.74 Å². The molecule has 138 valence electrons. The Morgan fingerprint density at radius 2 is 1.92 bits per heavy atom. The second kappa shape index (κ2) is 7.72. The van der Waals surface area contributed by atoms with Crippen LogP contribution in [0.1, 0.15) is 73.1 Å². The molecular weight excluding hydrogens is 312 g/mol. The highest BCUT2D eigenvalue weighted by molar-refractivity contribution is 5.99. The number of ketones is 1. The molecule has 2 rings (SSSR count). The molecule has 3 nitrogen and oxygen atoms in total. The second-order valence-corrected chi connectivity index (χ2v) is 8.31. The van der Waals surface area contributed by atoms with E-state index in [1.54, 1.807) is 0 Å². The first-order chi connectivity index (χ1) is 11.6. The number of fused-ring (bicyclic) bond motifs is 1. The summed E-state index contributed by atoms with van der Waals surface area (Å²) in [5.74, 6) is 0.299. The number of rotatable bonds is 1. The lowest BCUT2D eigenvalue weighted by atomic mass is 9.72. The van der Waals surface area contributed by atoms with Crippen LogP contribution in [0.4, 0.5) is 0 Å². The van der Waals surface area contributed by atoms with E-state index in [1.165, 1.54) is 12.5 Å². The van der Waals surface area contributed by atoms with Crippen molar-refractivity contribution in [1.29, 1.82) is 0 Å². The number of ether oxygens (including phenoxy) is 1. The molecule has 3 atom stereocenters. The Hall–Kier alpha value is -1.64. The molecule has 0 aromatic rings. The highest BCUT2D eigenvalue weighted by atomic mass is 16.5. The fourth-order valence-electron chi connectivity index (χ4n) is 4.37. The van der Waals surface area contributed by atoms with Crippen LogP contribution in [-0.2, 0) is 14.3 Å². The smallest absolute Gasteiger partial charge is 0.303 e. The molecule has 0 radical (unpaired) electrons. The Morgan fingerprint density at radius 1 is 1.24 bits per heavy atom. The number of Topliss-reactive ketones (excluding diaryl/α,β-unsaturated/α-hetero) is 1. The summed E-state index contributed by atoms with van der Waals surface area (Å²) in [7, 11) is 0. The Morgan fingerprint density at radius 3 is 2.52 bits per heavy atom. The minimum atomic E-state index is -0.256. The van der Waals surface area contributed by atoms with Gasteiger partial charge in [-0.3, -0.25) is 9.59 Å². The molecule has 2 aliphatic carbocycles. The molecule has 1 saturated carbocycles. The van der Waals surface area contributed by atoms with Crippen LogP contribution in [0.2, 0.25) is 0 Å². The summed E-state index contributed by atoms with van der Waals surface area (Å²) in [5, 5.41) is 0. The summed E-state index contributed by atoms with van der Waals surface area (Å²) in [6.45, 7) is 14.1. The maximum atomic E-state index is 12.7. The van der Waals surface area contributed by atoms with Gasteiger partial charge in [0.25, 0.3) is 0 Å². The highest BCUT2D eigenvalue weighted by Crippen LogP contribution is 2.51. The number of hydrogen-bond acceptors (Lipinski definition) is 3. The van der Waals surface area contributed by atoms with Crippen LogP contribution < -0.4 is 0 Å². The van der Waals surface area contributed by atoms with Crippen LogP contribution in [0.5, 0.6) is 0 Å². The molecule has 0 aliphatic heterocycles. The largest absolute Gasteiger partial charge is 0.458 e. The van der Waals surface area contributed by atoms with Crippen LogP contribution in [0.15, 0.2) is 34.9 Å². The van der Waals surface area contributed by atoms with Gasteiger partial charge in [0, 0.05) is 13.3 Å². The molecule has 0 heterocycles. The zero-order valence-corrected chi connectivity index (χ0v) is 16.4. The fraction of sp³-hybridized carbons (Fsp3) is 0.636. The fourth-order valence-corrected chi connectivity index (χ4v) is 4.37. The zero-order chi connectivity index (χ0) is 18.8. The van der Waals surface area contributed by atoms with E-state index in [2.05, 4.69) is 26.5 Å². The molecule has 0 saturated heterocycles. The highest BCUT2D eigenvalue weighted by Gasteiger charge is 2.46. The first-order valence-electron chi connectivity index (χ1n) is 9.35. The van der Waals surface area contributed by atoms with E-state index in [9.17, 15) is 9.59 Å². The average Bonchev–Trinajstić information content (AvgIpc) is 2.76. The molecule has 25 heavy (non-hydrogen) atoms. The van der Waals surface area contributed by atoms with Crippen molar-refractivity contribution in [3.05, 3.63) is 34.9 Å². The molecule has 0 aromatic carbocycles. The standard InChI is InChI=1S/C22H32O3/c1-14(2)21-18-9-8-16(4)20(25-17(5)23)10-7-15(3)11-12-22(18,6)13-19(21)24/h11,18,20H,4,7-10,12-13H2,1-3,5-6H3. The molecular formula is C22H32O3. The molecule has 0 spiro atoms. The predicted molar refractivity (Wildman–Crippen MR) is 101 cm³/mol. The van der Waals surface area contributed by atoms with Crippen molar-refractivity contribution in [2.75, 3.05) is 0 Å². The maximum Gasteiger partial charge on any atom is 0.303 e. The molecule has 3 unspecified atom stereocenters. The van der Waals surface area contributed by atoms with Crippen LogP contribution in [0.25, 0.3) is 0 Å². The minimum absolute atomic E-state index is 0.0213. The Bertz CT molecular complexity index is 634. The van der Waals surface area contributed by atoms with Crippen LogP contribution in [-0.4, -0.2) is 17.9 Å². The van der Waals surface area contributed by atoms with E-state index < -0.39 is 0 Å². The van der Waals surface area contributed by atoms with Crippen molar-refractivity contribution < 1.29 is 14.3 Å². The van der Waals surface area contributed by atoms with E-state index in [-0.39, 0.29) is 23.4 Å². The van der Waals surface area contributed by atoms with Crippen LogP contribution in [0, 0.1) is 11.3 Å². The van der Waals surface area contributed by atoms with Gasteiger partial charge in [0.05, 0.1) is 0 Å². The number of carbonyl (C=O) groups excluding carboxylic acids is 2. The van der Waals surface area contributed by atoms with Gasteiger partial charge in [-0.2, -0.15) is 0 Å². The van der Waals surface area contributed by atoms with Crippen molar-refractivity contribution in [3.8, 4) is 0 Å². The van der Waals surface area contributed by atoms with E-state index >= 15 is 0 Å². The Kier molecular flexibility index (Phi) is 6.08. The minimum Gasteiger partial charge on any atom is -0.458 e. The van der Waals surface area contributed by atoms with Gasteiger partial charge in [-0.15, -0.1) is 0 Å². The zero-order valence-electron chi connectivity index (χ0n) is 16.4. The molecule has 1 fully saturated rings. The number of hydrogen-bond donors (Lipinski definition) is 0. The monoisotopic (exact) mass is 344 g/mol. The summed E-state index contributed by atoms with van der Waals surface area (Å²) in [6, 6.07) is 0. The summed E-state index contributed by atoms with van der Waals surface area (Å²) in [4.78, 5) is 24.1. The van der Waals surface area contributed by atoms with Gasteiger partial charge in [-0.05, 0) is 75.4 Å². The van der Waals surface area contributed by atoms with E-state index in [0.717, 1.165) is 48.8 Å². The normalized spacial score (nSPS) is 31.1. The van der Waals surface area contributed by atoms with Gasteiger partial charge in [-0.25, -0.2) is 0 Å². The van der Waals surface area contributed by atoms with E-state index in [0.29, 0.717) is 12.2 Å². The average molecular weight is 344 g/mol.